The Balaban J connectivity index is 0.000000810. The van der Waals surface area contributed by atoms with Gasteiger partial charge in [0.1, 0.15) is 0 Å². The molecule has 0 aromatic heterocycles. The molecule has 0 aromatic carbocycles. The molecule has 1 aliphatic rings. The van der Waals surface area contributed by atoms with E-state index in [0.717, 1.165) is 12.8 Å². The van der Waals surface area contributed by atoms with Gasteiger partial charge >= 0.3 is 0 Å². The maximum atomic E-state index is 7.52. The van der Waals surface area contributed by atoms with Gasteiger partial charge in [-0.1, -0.05) is 31.6 Å². The minimum Gasteiger partial charge on any atom is -0.674 e. The van der Waals surface area contributed by atoms with Crippen LogP contribution in [0.2, 0.25) is 0 Å². The van der Waals surface area contributed by atoms with E-state index in [2.05, 4.69) is 0 Å². The average molecular weight is 212 g/mol. The van der Waals surface area contributed by atoms with Gasteiger partial charge in [0, 0.05) is 32.7 Å². The summed E-state index contributed by atoms with van der Waals surface area (Å²) in [6.07, 6.45) is 6.34. The zero-order chi connectivity index (χ0) is 6.69. The number of rotatable bonds is 1. The van der Waals surface area contributed by atoms with E-state index in [0.29, 0.717) is 5.92 Å². The Morgan fingerprint density at radius 2 is 1.90 bits per heavy atom. The maximum Gasteiger partial charge on any atom is 0 e. The van der Waals surface area contributed by atoms with Crippen LogP contribution in [0.1, 0.15) is 25.7 Å². The number of hydrogen-bond acceptors (Lipinski definition) is 0. The first-order valence-corrected chi connectivity index (χ1v) is 3.61. The van der Waals surface area contributed by atoms with Gasteiger partial charge in [-0.15, -0.1) is 6.04 Å². The van der Waals surface area contributed by atoms with Crippen molar-refractivity contribution in [3.05, 3.63) is 18.4 Å². The van der Waals surface area contributed by atoms with Crippen molar-refractivity contribution in [1.29, 1.82) is 0 Å². The zero-order valence-electron chi connectivity index (χ0n) is 6.22. The largest absolute Gasteiger partial charge is 0.674 e. The molecule has 0 aromatic rings. The molecule has 0 saturated heterocycles. The van der Waals surface area contributed by atoms with Gasteiger partial charge in [-0.05, 0) is 0 Å². The monoisotopic (exact) mass is 212 g/mol. The van der Waals surface area contributed by atoms with Crippen molar-refractivity contribution in [3.63, 3.8) is 0 Å². The third-order valence-electron chi connectivity index (χ3n) is 2.07. The zero-order valence-corrected chi connectivity index (χ0v) is 9.05. The van der Waals surface area contributed by atoms with E-state index in [1.807, 2.05) is 0 Å². The summed E-state index contributed by atoms with van der Waals surface area (Å²) in [6, 6.07) is 0.0868. The molecule has 1 N–H and O–H groups in total. The Hall–Kier alpha value is 0.804. The minimum atomic E-state index is 0. The van der Waals surface area contributed by atoms with E-state index < -0.39 is 0 Å². The van der Waals surface area contributed by atoms with Crippen molar-refractivity contribution in [2.45, 2.75) is 31.7 Å². The van der Waals surface area contributed by atoms with Crippen LogP contribution >= 0.6 is 0 Å². The van der Waals surface area contributed by atoms with Gasteiger partial charge in [-0.25, -0.2) is 0 Å². The summed E-state index contributed by atoms with van der Waals surface area (Å²) >= 11 is 0. The van der Waals surface area contributed by atoms with Crippen LogP contribution in [0, 0.1) is 12.5 Å². The van der Waals surface area contributed by atoms with Crippen molar-refractivity contribution < 1.29 is 32.7 Å². The first-order valence-electron chi connectivity index (χ1n) is 3.61. The van der Waals surface area contributed by atoms with Crippen LogP contribution in [0.3, 0.4) is 0 Å². The minimum absolute atomic E-state index is 0. The third-order valence-corrected chi connectivity index (χ3v) is 2.07. The van der Waals surface area contributed by atoms with Crippen molar-refractivity contribution in [1.82, 2.24) is 0 Å². The molecule has 0 bridgehead atoms. The second-order valence-electron chi connectivity index (χ2n) is 2.75. The van der Waals surface area contributed by atoms with E-state index >= 15 is 0 Å². The van der Waals surface area contributed by atoms with Gasteiger partial charge in [0.15, 0.2) is 0 Å². The molecule has 1 nitrogen and oxygen atoms in total. The van der Waals surface area contributed by atoms with E-state index in [9.17, 15) is 0 Å². The van der Waals surface area contributed by atoms with Crippen LogP contribution in [0.5, 0.6) is 0 Å². The van der Waals surface area contributed by atoms with Crippen molar-refractivity contribution >= 4 is 0 Å². The van der Waals surface area contributed by atoms with E-state index in [1.54, 1.807) is 6.08 Å². The van der Waals surface area contributed by atoms with Gasteiger partial charge in [0.2, 0.25) is 0 Å². The summed E-state index contributed by atoms with van der Waals surface area (Å²) in [4.78, 5) is 0. The predicted octanol–water partition coefficient (Wildman–Crippen LogP) is 2.58. The molecule has 0 amide bonds. The van der Waals surface area contributed by atoms with E-state index in [-0.39, 0.29) is 38.8 Å². The topological polar surface area (TPSA) is 23.8 Å². The fraction of sp³-hybridized carbons (Fsp3) is 0.750. The van der Waals surface area contributed by atoms with Gasteiger partial charge in [0.05, 0.1) is 0 Å². The van der Waals surface area contributed by atoms with Crippen LogP contribution in [-0.2, 0) is 32.7 Å². The Labute approximate surface area is 88.3 Å². The second-order valence-corrected chi connectivity index (χ2v) is 2.75. The molecule has 1 saturated carbocycles. The Bertz CT molecular complexity index is 103. The maximum absolute atomic E-state index is 7.52. The number of hydrogen-bond donors (Lipinski definition) is 0. The van der Waals surface area contributed by atoms with Gasteiger partial charge in [-0.3, -0.25) is 6.08 Å². The first kappa shape index (κ1) is 10.8. The average Bonchev–Trinajstić information content (AvgIpc) is 1.89. The molecule has 10 heavy (non-hydrogen) atoms. The Kier molecular flexibility index (Phi) is 5.89. The van der Waals surface area contributed by atoms with Crippen molar-refractivity contribution in [2.75, 3.05) is 0 Å². The SMILES string of the molecule is [CH-]=CC1CCCCC1[NH-].[Y]. The summed E-state index contributed by atoms with van der Waals surface area (Å²) in [5.74, 6) is 0.374. The Morgan fingerprint density at radius 3 is 2.30 bits per heavy atom. The van der Waals surface area contributed by atoms with Crippen LogP contribution < -0.4 is 0 Å². The molecular formula is C8H13NY-2. The van der Waals surface area contributed by atoms with Crippen LogP contribution in [0.15, 0.2) is 6.08 Å². The fourth-order valence-electron chi connectivity index (χ4n) is 1.39. The molecule has 1 fully saturated rings. The molecule has 1 radical (unpaired) electrons. The summed E-state index contributed by atoms with van der Waals surface area (Å²) in [7, 11) is 0. The second kappa shape index (κ2) is 5.45. The molecule has 1 rings (SSSR count). The quantitative estimate of drug-likeness (QED) is 0.596. The molecule has 2 heteroatoms. The molecule has 55 valence electrons. The molecule has 2 atom stereocenters. The summed E-state index contributed by atoms with van der Waals surface area (Å²) < 4.78 is 0. The first-order chi connectivity index (χ1) is 4.34. The van der Waals surface area contributed by atoms with Crippen molar-refractivity contribution in [2.24, 2.45) is 5.92 Å². The molecule has 0 heterocycles. The third kappa shape index (κ3) is 2.81. The molecule has 0 spiro atoms. The summed E-state index contributed by atoms with van der Waals surface area (Å²) in [6.45, 7) is 5.35. The van der Waals surface area contributed by atoms with Gasteiger partial charge in [-0.2, -0.15) is 0 Å². The van der Waals surface area contributed by atoms with Gasteiger partial charge < -0.3 is 12.3 Å². The molecule has 1 aliphatic carbocycles. The fourth-order valence-corrected chi connectivity index (χ4v) is 1.39. The van der Waals surface area contributed by atoms with Gasteiger partial charge in [0.25, 0.3) is 0 Å². The molecule has 0 aliphatic heterocycles. The summed E-state index contributed by atoms with van der Waals surface area (Å²) in [5.41, 5.74) is 7.52. The van der Waals surface area contributed by atoms with E-state index in [1.165, 1.54) is 12.8 Å². The number of nitrogens with one attached hydrogen (secondary N) is 1. The molecule has 2 unspecified atom stereocenters. The smallest absolute Gasteiger partial charge is 0 e. The van der Waals surface area contributed by atoms with Crippen LogP contribution in [0.25, 0.3) is 5.73 Å². The van der Waals surface area contributed by atoms with Crippen LogP contribution in [-0.4, -0.2) is 6.04 Å². The normalized spacial score (nSPS) is 32.5. The van der Waals surface area contributed by atoms with Crippen molar-refractivity contribution in [3.8, 4) is 0 Å². The molecular weight excluding hydrogens is 199 g/mol. The summed E-state index contributed by atoms with van der Waals surface area (Å²) in [5, 5.41) is 0. The van der Waals surface area contributed by atoms with E-state index in [4.69, 9.17) is 12.3 Å². The van der Waals surface area contributed by atoms with Crippen LogP contribution in [0.4, 0.5) is 0 Å². The predicted molar refractivity (Wildman–Crippen MR) is 38.9 cm³/mol. The standard InChI is InChI=1S/C8H13N.Y/c1-2-7-5-3-4-6-8(7)9;/h1-2,7-9H,3-6H2;/q-2;. The Morgan fingerprint density at radius 1 is 1.30 bits per heavy atom.